The van der Waals surface area contributed by atoms with Crippen molar-refractivity contribution in [1.29, 1.82) is 0 Å². The molecule has 24 nitrogen and oxygen atoms in total. The Morgan fingerprint density at radius 2 is 1.34 bits per heavy atom. The topological polar surface area (TPSA) is 380 Å². The van der Waals surface area contributed by atoms with Gasteiger partial charge in [0, 0.05) is 13.0 Å². The van der Waals surface area contributed by atoms with Crippen molar-refractivity contribution >= 4 is 40.8 Å². The lowest BCUT2D eigenvalue weighted by Crippen LogP contribution is -2.69. The van der Waals surface area contributed by atoms with Crippen LogP contribution in [0.5, 0.6) is 0 Å². The first-order chi connectivity index (χ1) is 41.9. The van der Waals surface area contributed by atoms with E-state index in [-0.39, 0.29) is 55.1 Å². The summed E-state index contributed by atoms with van der Waals surface area (Å²) in [4.78, 5) is 42.5. The lowest BCUT2D eigenvalue weighted by molar-refractivity contribution is -0.369. The number of aliphatic hydroxyl groups is 12. The number of esters is 1. The lowest BCUT2D eigenvalue weighted by atomic mass is 9.35. The fourth-order valence-corrected chi connectivity index (χ4v) is 18.7. The van der Waals surface area contributed by atoms with Crippen LogP contribution in [0.15, 0.2) is 11.6 Å². The number of halogens is 1. The van der Waals surface area contributed by atoms with Crippen LogP contribution in [0.4, 0.5) is 0 Å². The molecule has 4 saturated heterocycles. The zero-order valence-corrected chi connectivity index (χ0v) is 55.4. The van der Waals surface area contributed by atoms with Crippen LogP contribution < -0.4 is 5.32 Å². The van der Waals surface area contributed by atoms with Gasteiger partial charge in [0.2, 0.25) is 12.2 Å². The fourth-order valence-electron chi connectivity index (χ4n) is 16.8. The van der Waals surface area contributed by atoms with Gasteiger partial charge in [0.25, 0.3) is 0 Å². The smallest absolute Gasteiger partial charge is 0.318 e. The molecule has 8 rings (SSSR count). The summed E-state index contributed by atoms with van der Waals surface area (Å²) in [5.74, 6) is -1.98. The number of aldehydes is 1. The number of aliphatic hydroxyl groups excluding tert-OH is 12. The van der Waals surface area contributed by atoms with Crippen LogP contribution in [0, 0.1) is 50.2 Å². The van der Waals surface area contributed by atoms with Crippen LogP contribution in [-0.2, 0) is 52.3 Å². The highest BCUT2D eigenvalue weighted by atomic mass is 127. The van der Waals surface area contributed by atoms with E-state index in [0.29, 0.717) is 45.1 Å². The maximum atomic E-state index is 15.8. The summed E-state index contributed by atoms with van der Waals surface area (Å²) in [5.41, 5.74) is -3.27. The first-order valence-corrected chi connectivity index (χ1v) is 33.9. The van der Waals surface area contributed by atoms with Crippen LogP contribution in [0.2, 0.25) is 0 Å². The number of carbonyl (C=O) groups is 3. The molecule has 0 spiro atoms. The van der Waals surface area contributed by atoms with E-state index in [1.165, 1.54) is 6.92 Å². The number of fused-ring (bicyclic) bond motifs is 5. The van der Waals surface area contributed by atoms with Crippen LogP contribution in [0.3, 0.4) is 0 Å². The summed E-state index contributed by atoms with van der Waals surface area (Å²) >= 11 is 2.28. The summed E-state index contributed by atoms with van der Waals surface area (Å²) < 4.78 is 47.2. The van der Waals surface area contributed by atoms with Crippen LogP contribution in [0.25, 0.3) is 0 Å². The maximum Gasteiger partial charge on any atom is 0.318 e. The first kappa shape index (κ1) is 73.1. The predicted molar refractivity (Wildman–Crippen MR) is 326 cm³/mol. The second-order valence-corrected chi connectivity index (χ2v) is 30.6. The number of nitrogens with one attached hydrogen (secondary N) is 1. The molecule has 0 aromatic rings. The van der Waals surface area contributed by atoms with Gasteiger partial charge in [0.15, 0.2) is 25.0 Å². The summed E-state index contributed by atoms with van der Waals surface area (Å²) in [7, 11) is 0. The molecule has 512 valence electrons. The second kappa shape index (κ2) is 29.8. The number of alkyl halides is 1. The predicted octanol–water partition coefficient (Wildman–Crippen LogP) is 2.10. The third-order valence-electron chi connectivity index (χ3n) is 22.7. The van der Waals surface area contributed by atoms with E-state index in [0.717, 1.165) is 63.2 Å². The minimum atomic E-state index is -1.97. The Labute approximate surface area is 537 Å². The Bertz CT molecular complexity index is 2390. The molecule has 25 heteroatoms. The minimum absolute atomic E-state index is 0.0400. The van der Waals surface area contributed by atoms with E-state index in [1.807, 2.05) is 27.7 Å². The standard InChI is InChI=1S/C64H106INO23/c1-33-51(87-55-49(79)46(76)36(71)31-83-55)48(78)50(80)56(84-33)88-52-47(77)44(66-43(74)17-15-13-11-9-10-12-14-16-26-82-54-34(28-67)45(75)38(30-69)86-54)37(29-68)85-57(52)89-58(81)64(25-24-59(2,3)4)42(73)27-63(8)35(53(64)65)18-19-40-60(5)22-21-41(72)61(6,32-70)39(60)20-23-62(40,63)7/h18,32-34,36-42,44-57,67-69,71-73,75-80H,9-17,19-31H2,1-8H3,(H,66,74)/t33?,34?,36-,37?,38+,39?,40?,41+,42?,44+,45?,46?,47?,48?,49?,50?,51+,52?,53?,54-,55+,56+,57+,60?,61?,62?,63?,64+/m1/s1. The highest BCUT2D eigenvalue weighted by Crippen LogP contribution is 2.74. The summed E-state index contributed by atoms with van der Waals surface area (Å²) in [6, 6.07) is -1.39. The van der Waals surface area contributed by atoms with Crippen LogP contribution in [0.1, 0.15) is 165 Å². The molecule has 1 amide bonds. The Morgan fingerprint density at radius 1 is 0.708 bits per heavy atom. The van der Waals surface area contributed by atoms with E-state index < -0.39 is 173 Å². The number of hydrogen-bond acceptors (Lipinski definition) is 23. The number of unbranched alkanes of at least 4 members (excludes halogenated alkanes) is 7. The monoisotopic (exact) mass is 1380 g/mol. The van der Waals surface area contributed by atoms with E-state index >= 15 is 4.79 Å². The number of hydrogen-bond donors (Lipinski definition) is 13. The normalized spacial score (nSPS) is 46.7. The maximum absolute atomic E-state index is 15.8. The van der Waals surface area contributed by atoms with E-state index in [4.69, 9.17) is 37.9 Å². The number of rotatable bonds is 25. The minimum Gasteiger partial charge on any atom is -0.432 e. The van der Waals surface area contributed by atoms with Gasteiger partial charge in [-0.2, -0.15) is 0 Å². The molecule has 4 aliphatic carbocycles. The van der Waals surface area contributed by atoms with Crippen LogP contribution >= 0.6 is 22.6 Å². The van der Waals surface area contributed by atoms with Gasteiger partial charge in [0.1, 0.15) is 66.6 Å². The first-order valence-electron chi connectivity index (χ1n) is 32.7. The third-order valence-corrected chi connectivity index (χ3v) is 24.5. The van der Waals surface area contributed by atoms with E-state index in [9.17, 15) is 70.9 Å². The van der Waals surface area contributed by atoms with Crippen molar-refractivity contribution in [1.82, 2.24) is 5.32 Å². The molecule has 28 atom stereocenters. The molecular formula is C64H106INO23. The Balaban J connectivity index is 0.981. The van der Waals surface area contributed by atoms with Gasteiger partial charge in [-0.05, 0) is 105 Å². The molecule has 18 unspecified atom stereocenters. The van der Waals surface area contributed by atoms with Crippen molar-refractivity contribution in [3.8, 4) is 0 Å². The second-order valence-electron chi connectivity index (χ2n) is 29.4. The molecule has 89 heavy (non-hydrogen) atoms. The number of carbonyl (C=O) groups excluding carboxylic acids is 3. The van der Waals surface area contributed by atoms with Crippen molar-refractivity contribution in [3.05, 3.63) is 11.6 Å². The SMILES string of the molecule is CC1O[C@@H](OC2C(O)[C@@H](NC(=O)CCCCCCCCCCO[C@@H]3O[C@@H](CO)C(O)C3CO)C(CO)O[C@H]2OC(=O)[C@@]2(CCC(C)(C)C)C(O)CC3(C)C(=CCC4C5(C)CC[C@H](O)C(C)(C=O)C5CCC43C)C2I)C(O)C(O)[C@H]1O[C@@H]1OC[C@@H](O)C(O)C1O. The molecule has 0 aromatic heterocycles. The molecule has 0 bridgehead atoms. The van der Waals surface area contributed by atoms with Gasteiger partial charge >= 0.3 is 5.97 Å². The van der Waals surface area contributed by atoms with Gasteiger partial charge in [-0.3, -0.25) is 9.59 Å². The van der Waals surface area contributed by atoms with Crippen molar-refractivity contribution < 1.29 is 114 Å². The summed E-state index contributed by atoms with van der Waals surface area (Å²) in [6.07, 6.45) is -12.4. The number of amides is 1. The number of allylic oxidation sites excluding steroid dienone is 2. The molecule has 3 saturated carbocycles. The summed E-state index contributed by atoms with van der Waals surface area (Å²) in [5, 5.41) is 134. The van der Waals surface area contributed by atoms with Gasteiger partial charge in [-0.1, -0.05) is 121 Å². The highest BCUT2D eigenvalue weighted by molar-refractivity contribution is 14.1. The van der Waals surface area contributed by atoms with Crippen molar-refractivity contribution in [2.75, 3.05) is 33.0 Å². The third kappa shape index (κ3) is 14.4. The fraction of sp³-hybridized carbons (Fsp3) is 0.922. The zero-order chi connectivity index (χ0) is 65.3. The molecule has 8 aliphatic rings. The van der Waals surface area contributed by atoms with E-state index in [2.05, 4.69) is 54.8 Å². The van der Waals surface area contributed by atoms with Gasteiger partial charge < -0.3 is 109 Å². The van der Waals surface area contributed by atoms with Crippen molar-refractivity contribution in [3.63, 3.8) is 0 Å². The molecule has 13 N–H and O–H groups in total. The largest absolute Gasteiger partial charge is 0.432 e. The number of ether oxygens (including phenoxy) is 8. The molecule has 0 aromatic carbocycles. The van der Waals surface area contributed by atoms with Crippen molar-refractivity contribution in [2.24, 2.45) is 50.2 Å². The Hall–Kier alpha value is -1.68. The van der Waals surface area contributed by atoms with Crippen molar-refractivity contribution in [2.45, 2.75) is 285 Å². The van der Waals surface area contributed by atoms with Gasteiger partial charge in [-0.25, -0.2) is 0 Å². The molecule has 7 fully saturated rings. The molecular weight excluding hydrogens is 1280 g/mol. The highest BCUT2D eigenvalue weighted by Gasteiger charge is 2.71. The van der Waals surface area contributed by atoms with Crippen LogP contribution in [-0.4, -0.2) is 233 Å². The van der Waals surface area contributed by atoms with Gasteiger partial charge in [0.05, 0.1) is 72.1 Å². The zero-order valence-electron chi connectivity index (χ0n) is 53.2. The quantitative estimate of drug-likeness (QED) is 0.0155. The van der Waals surface area contributed by atoms with E-state index in [1.54, 1.807) is 0 Å². The Morgan fingerprint density at radius 3 is 1.98 bits per heavy atom. The molecule has 4 aliphatic heterocycles. The molecule has 4 heterocycles. The average molecular weight is 1380 g/mol. The Kier molecular flexibility index (Phi) is 24.5. The lowest BCUT2D eigenvalue weighted by Gasteiger charge is -2.70. The summed E-state index contributed by atoms with van der Waals surface area (Å²) in [6.45, 7) is 14.6. The molecule has 0 radical (unpaired) electrons. The van der Waals surface area contributed by atoms with Gasteiger partial charge in [-0.15, -0.1) is 0 Å². The average Bonchev–Trinajstić information content (AvgIpc) is 1.02.